The molecule has 1 aliphatic heterocycles. The first-order valence-electron chi connectivity index (χ1n) is 9.87. The summed E-state index contributed by atoms with van der Waals surface area (Å²) >= 11 is 1.78. The molecule has 0 spiro atoms. The molecule has 2 aliphatic rings. The van der Waals surface area contributed by atoms with Gasteiger partial charge in [-0.2, -0.15) is 0 Å². The molecule has 144 valence electrons. The molecule has 0 aromatic carbocycles. The Hall–Kier alpha value is -2.08. The van der Waals surface area contributed by atoms with Gasteiger partial charge in [-0.3, -0.25) is 9.59 Å². The highest BCUT2D eigenvalue weighted by Crippen LogP contribution is 2.38. The third-order valence-corrected chi connectivity index (χ3v) is 7.31. The summed E-state index contributed by atoms with van der Waals surface area (Å²) in [6, 6.07) is 4.26. The van der Waals surface area contributed by atoms with Crippen molar-refractivity contribution in [3.63, 3.8) is 0 Å². The topological polar surface area (TPSA) is 45.6 Å². The summed E-state index contributed by atoms with van der Waals surface area (Å²) < 4.78 is 2.09. The number of aryl methyl sites for hydroxylation is 1. The average Bonchev–Trinajstić information content (AvgIpc) is 3.34. The van der Waals surface area contributed by atoms with Crippen molar-refractivity contribution in [3.05, 3.63) is 40.5 Å². The highest BCUT2D eigenvalue weighted by Gasteiger charge is 2.32. The molecular formula is C21H27N3O2S. The van der Waals surface area contributed by atoms with Crippen LogP contribution in [-0.2, 0) is 17.6 Å². The molecule has 3 heterocycles. The summed E-state index contributed by atoms with van der Waals surface area (Å²) in [7, 11) is 1.86. The van der Waals surface area contributed by atoms with Crippen molar-refractivity contribution in [1.82, 2.24) is 14.4 Å². The summed E-state index contributed by atoms with van der Waals surface area (Å²) in [6.45, 7) is 3.05. The lowest BCUT2D eigenvalue weighted by Gasteiger charge is -2.36. The number of aromatic nitrogens is 1. The van der Waals surface area contributed by atoms with Crippen molar-refractivity contribution >= 4 is 23.2 Å². The molecule has 2 aromatic rings. The van der Waals surface area contributed by atoms with Crippen molar-refractivity contribution in [2.24, 2.45) is 0 Å². The summed E-state index contributed by atoms with van der Waals surface area (Å²) in [5, 5.41) is 1.07. The number of carbonyl (C=O) groups is 2. The van der Waals surface area contributed by atoms with Crippen LogP contribution in [0.5, 0.6) is 0 Å². The number of hydrogen-bond acceptors (Lipinski definition) is 3. The predicted molar refractivity (Wildman–Crippen MR) is 108 cm³/mol. The second-order valence-corrected chi connectivity index (χ2v) is 8.72. The van der Waals surface area contributed by atoms with E-state index in [1.165, 1.54) is 23.3 Å². The molecule has 4 rings (SSSR count). The normalized spacial score (nSPS) is 17.6. The minimum Gasteiger partial charge on any atom is -0.343 e. The first kappa shape index (κ1) is 18.3. The third kappa shape index (κ3) is 3.43. The van der Waals surface area contributed by atoms with Crippen LogP contribution >= 0.6 is 11.3 Å². The molecule has 0 unspecified atom stereocenters. The minimum absolute atomic E-state index is 0.0987. The molecule has 27 heavy (non-hydrogen) atoms. The van der Waals surface area contributed by atoms with Crippen molar-refractivity contribution < 1.29 is 9.59 Å². The Bertz CT molecular complexity index is 832. The van der Waals surface area contributed by atoms with Gasteiger partial charge in [0.25, 0.3) is 5.91 Å². The van der Waals surface area contributed by atoms with Crippen LogP contribution in [0.1, 0.15) is 53.4 Å². The number of amides is 2. The number of carbonyl (C=O) groups excluding carboxylic acids is 2. The van der Waals surface area contributed by atoms with Crippen LogP contribution in [0, 0.1) is 0 Å². The second-order valence-electron chi connectivity index (χ2n) is 7.63. The minimum atomic E-state index is 0.0987. The van der Waals surface area contributed by atoms with Crippen LogP contribution in [0.3, 0.4) is 0 Å². The van der Waals surface area contributed by atoms with Gasteiger partial charge >= 0.3 is 0 Å². The van der Waals surface area contributed by atoms with Crippen molar-refractivity contribution in [2.75, 3.05) is 20.1 Å². The smallest absolute Gasteiger partial charge is 0.257 e. The predicted octanol–water partition coefficient (Wildman–Crippen LogP) is 3.50. The third-order valence-electron chi connectivity index (χ3n) is 6.00. The van der Waals surface area contributed by atoms with Gasteiger partial charge in [0.1, 0.15) is 5.00 Å². The molecule has 1 saturated heterocycles. The van der Waals surface area contributed by atoms with Crippen LogP contribution in [0.4, 0.5) is 0 Å². The zero-order chi connectivity index (χ0) is 19.0. The van der Waals surface area contributed by atoms with Gasteiger partial charge < -0.3 is 14.4 Å². The van der Waals surface area contributed by atoms with Gasteiger partial charge in [0.15, 0.2) is 0 Å². The van der Waals surface area contributed by atoms with E-state index in [1.54, 1.807) is 18.3 Å². The van der Waals surface area contributed by atoms with E-state index in [4.69, 9.17) is 0 Å². The maximum Gasteiger partial charge on any atom is 0.257 e. The fourth-order valence-corrected chi connectivity index (χ4v) is 5.64. The number of hydrogen-bond donors (Lipinski definition) is 0. The second kappa shape index (κ2) is 7.50. The number of fused-ring (bicyclic) bond motifs is 1. The lowest BCUT2D eigenvalue weighted by molar-refractivity contribution is -0.130. The summed E-state index contributed by atoms with van der Waals surface area (Å²) in [5.41, 5.74) is 2.20. The van der Waals surface area contributed by atoms with Crippen LogP contribution in [0.25, 0.3) is 5.00 Å². The van der Waals surface area contributed by atoms with Crippen LogP contribution in [0.2, 0.25) is 0 Å². The molecule has 0 N–H and O–H groups in total. The first-order valence-corrected chi connectivity index (χ1v) is 10.7. The lowest BCUT2D eigenvalue weighted by atomic mass is 9.94. The number of nitrogens with zero attached hydrogens (tertiary/aromatic N) is 3. The average molecular weight is 386 g/mol. The van der Waals surface area contributed by atoms with Gasteiger partial charge in [0.2, 0.25) is 5.91 Å². The quantitative estimate of drug-likeness (QED) is 0.812. The Morgan fingerprint density at radius 1 is 1.11 bits per heavy atom. The van der Waals surface area contributed by atoms with Crippen molar-refractivity contribution in [3.8, 4) is 5.00 Å². The molecule has 0 bridgehead atoms. The molecule has 0 atom stereocenters. The van der Waals surface area contributed by atoms with Gasteiger partial charge in [0.05, 0.1) is 5.56 Å². The molecule has 0 radical (unpaired) electrons. The van der Waals surface area contributed by atoms with Gasteiger partial charge in [-0.15, -0.1) is 11.3 Å². The maximum absolute atomic E-state index is 13.5. The number of thiophene rings is 1. The SMILES string of the molecule is CC(=O)N(C)C1CCN(C(=O)c2c(-n3cccc3)sc3c2CCCC3)CC1. The van der Waals surface area contributed by atoms with E-state index in [2.05, 4.69) is 4.57 Å². The number of likely N-dealkylation sites (tertiary alicyclic amines) is 1. The number of piperidine rings is 1. The van der Waals surface area contributed by atoms with E-state index in [0.29, 0.717) is 0 Å². The van der Waals surface area contributed by atoms with Crippen LogP contribution < -0.4 is 0 Å². The molecule has 0 saturated carbocycles. The highest BCUT2D eigenvalue weighted by molar-refractivity contribution is 7.15. The van der Waals surface area contributed by atoms with Gasteiger partial charge in [-0.05, 0) is 56.2 Å². The van der Waals surface area contributed by atoms with Crippen LogP contribution in [-0.4, -0.2) is 52.4 Å². The fourth-order valence-electron chi connectivity index (χ4n) is 4.30. The Morgan fingerprint density at radius 3 is 2.44 bits per heavy atom. The Labute approximate surface area is 164 Å². The monoisotopic (exact) mass is 385 g/mol. The maximum atomic E-state index is 13.5. The molecule has 6 heteroatoms. The molecule has 2 aromatic heterocycles. The van der Waals surface area contributed by atoms with E-state index in [-0.39, 0.29) is 17.9 Å². The van der Waals surface area contributed by atoms with Gasteiger partial charge in [0, 0.05) is 50.4 Å². The zero-order valence-electron chi connectivity index (χ0n) is 16.1. The summed E-state index contributed by atoms with van der Waals surface area (Å²) in [4.78, 5) is 30.3. The van der Waals surface area contributed by atoms with E-state index >= 15 is 0 Å². The Kier molecular flexibility index (Phi) is 5.08. The van der Waals surface area contributed by atoms with E-state index < -0.39 is 0 Å². The summed E-state index contributed by atoms with van der Waals surface area (Å²) in [6.07, 6.45) is 10.3. The molecule has 5 nitrogen and oxygen atoms in total. The molecule has 2 amide bonds. The van der Waals surface area contributed by atoms with E-state index in [9.17, 15) is 9.59 Å². The Morgan fingerprint density at radius 2 is 1.78 bits per heavy atom. The molecular weight excluding hydrogens is 358 g/mol. The lowest BCUT2D eigenvalue weighted by Crippen LogP contribution is -2.47. The van der Waals surface area contributed by atoms with Gasteiger partial charge in [-0.25, -0.2) is 0 Å². The van der Waals surface area contributed by atoms with E-state index in [0.717, 1.165) is 49.3 Å². The van der Waals surface area contributed by atoms with Crippen LogP contribution in [0.15, 0.2) is 24.5 Å². The number of rotatable bonds is 3. The zero-order valence-corrected chi connectivity index (χ0v) is 16.9. The van der Waals surface area contributed by atoms with E-state index in [1.807, 2.05) is 41.4 Å². The fraction of sp³-hybridized carbons (Fsp3) is 0.524. The standard InChI is InChI=1S/C21H27N3O2S/c1-15(25)22(2)16-9-13-23(14-10-16)20(26)19-17-7-3-4-8-18(17)27-21(19)24-11-5-6-12-24/h5-6,11-12,16H,3-4,7-10,13-14H2,1-2H3. The molecule has 1 aliphatic carbocycles. The Balaban J connectivity index is 1.59. The first-order chi connectivity index (χ1) is 13.1. The van der Waals surface area contributed by atoms with Crippen molar-refractivity contribution in [1.29, 1.82) is 0 Å². The summed E-state index contributed by atoms with van der Waals surface area (Å²) in [5.74, 6) is 0.267. The highest BCUT2D eigenvalue weighted by atomic mass is 32.1. The van der Waals surface area contributed by atoms with Gasteiger partial charge in [-0.1, -0.05) is 0 Å². The van der Waals surface area contributed by atoms with Crippen molar-refractivity contribution in [2.45, 2.75) is 51.5 Å². The molecule has 1 fully saturated rings. The largest absolute Gasteiger partial charge is 0.343 e.